The van der Waals surface area contributed by atoms with Gasteiger partial charge in [-0.15, -0.1) is 5.10 Å². The lowest BCUT2D eigenvalue weighted by Crippen LogP contribution is -2.10. The molecule has 0 radical (unpaired) electrons. The zero-order chi connectivity index (χ0) is 11.5. The van der Waals surface area contributed by atoms with E-state index in [2.05, 4.69) is 15.5 Å². The Morgan fingerprint density at radius 2 is 2.25 bits per heavy atom. The molecule has 0 saturated heterocycles. The van der Waals surface area contributed by atoms with Crippen LogP contribution in [0.25, 0.3) is 5.69 Å². The molecule has 6 heteroatoms. The predicted molar refractivity (Wildman–Crippen MR) is 61.7 cm³/mol. The SMILES string of the molecule is Cc1cc(Cl)ccc1-n1nnnc1CCN. The van der Waals surface area contributed by atoms with Crippen molar-refractivity contribution in [3.8, 4) is 5.69 Å². The number of tetrazole rings is 1. The van der Waals surface area contributed by atoms with Gasteiger partial charge in [0, 0.05) is 11.4 Å². The molecule has 0 amide bonds. The summed E-state index contributed by atoms with van der Waals surface area (Å²) >= 11 is 5.90. The fraction of sp³-hybridized carbons (Fsp3) is 0.300. The van der Waals surface area contributed by atoms with E-state index in [1.807, 2.05) is 25.1 Å². The third-order valence-corrected chi connectivity index (χ3v) is 2.52. The van der Waals surface area contributed by atoms with Gasteiger partial charge in [0.25, 0.3) is 0 Å². The maximum atomic E-state index is 5.90. The van der Waals surface area contributed by atoms with Crippen molar-refractivity contribution in [2.24, 2.45) is 5.73 Å². The first-order valence-electron chi connectivity index (χ1n) is 4.96. The van der Waals surface area contributed by atoms with Gasteiger partial charge in [-0.25, -0.2) is 0 Å². The monoisotopic (exact) mass is 237 g/mol. The van der Waals surface area contributed by atoms with Crippen molar-refractivity contribution in [2.75, 3.05) is 6.54 Å². The molecule has 1 heterocycles. The van der Waals surface area contributed by atoms with Gasteiger partial charge >= 0.3 is 0 Å². The highest BCUT2D eigenvalue weighted by Gasteiger charge is 2.09. The minimum atomic E-state index is 0.521. The third-order valence-electron chi connectivity index (χ3n) is 2.29. The first-order chi connectivity index (χ1) is 7.72. The first-order valence-corrected chi connectivity index (χ1v) is 5.34. The van der Waals surface area contributed by atoms with Gasteiger partial charge in [0.2, 0.25) is 0 Å². The van der Waals surface area contributed by atoms with Gasteiger partial charge in [0.1, 0.15) is 0 Å². The Morgan fingerprint density at radius 1 is 1.44 bits per heavy atom. The molecule has 84 valence electrons. The van der Waals surface area contributed by atoms with Crippen molar-refractivity contribution >= 4 is 11.6 Å². The summed E-state index contributed by atoms with van der Waals surface area (Å²) < 4.78 is 1.69. The molecule has 0 atom stereocenters. The van der Waals surface area contributed by atoms with Crippen LogP contribution in [0.5, 0.6) is 0 Å². The molecular weight excluding hydrogens is 226 g/mol. The molecular formula is C10H12ClN5. The van der Waals surface area contributed by atoms with E-state index in [4.69, 9.17) is 17.3 Å². The van der Waals surface area contributed by atoms with Crippen LogP contribution in [0.2, 0.25) is 5.02 Å². The van der Waals surface area contributed by atoms with Crippen LogP contribution in [-0.4, -0.2) is 26.8 Å². The molecule has 0 aliphatic heterocycles. The maximum absolute atomic E-state index is 5.90. The fourth-order valence-electron chi connectivity index (χ4n) is 1.53. The zero-order valence-electron chi connectivity index (χ0n) is 8.89. The smallest absolute Gasteiger partial charge is 0.157 e. The van der Waals surface area contributed by atoms with E-state index in [-0.39, 0.29) is 0 Å². The molecule has 1 aromatic heterocycles. The van der Waals surface area contributed by atoms with Crippen LogP contribution < -0.4 is 5.73 Å². The second-order valence-electron chi connectivity index (χ2n) is 3.48. The normalized spacial score (nSPS) is 10.7. The number of halogens is 1. The average molecular weight is 238 g/mol. The van der Waals surface area contributed by atoms with Crippen molar-refractivity contribution < 1.29 is 0 Å². The molecule has 0 unspecified atom stereocenters. The molecule has 1 aromatic carbocycles. The average Bonchev–Trinajstić information content (AvgIpc) is 2.67. The van der Waals surface area contributed by atoms with Crippen LogP contribution in [-0.2, 0) is 6.42 Å². The summed E-state index contributed by atoms with van der Waals surface area (Å²) in [4.78, 5) is 0. The van der Waals surface area contributed by atoms with Gasteiger partial charge in [-0.3, -0.25) is 0 Å². The Bertz CT molecular complexity index is 494. The van der Waals surface area contributed by atoms with Crippen LogP contribution in [0.3, 0.4) is 0 Å². The van der Waals surface area contributed by atoms with E-state index < -0.39 is 0 Å². The van der Waals surface area contributed by atoms with E-state index in [1.165, 1.54) is 0 Å². The van der Waals surface area contributed by atoms with Crippen molar-refractivity contribution in [1.82, 2.24) is 20.2 Å². The molecule has 5 nitrogen and oxygen atoms in total. The lowest BCUT2D eigenvalue weighted by Gasteiger charge is -2.07. The molecule has 2 N–H and O–H groups in total. The minimum Gasteiger partial charge on any atom is -0.330 e. The summed E-state index contributed by atoms with van der Waals surface area (Å²) in [6.07, 6.45) is 0.648. The molecule has 0 saturated carbocycles. The molecule has 0 spiro atoms. The second-order valence-corrected chi connectivity index (χ2v) is 3.91. The topological polar surface area (TPSA) is 69.6 Å². The van der Waals surface area contributed by atoms with E-state index in [9.17, 15) is 0 Å². The molecule has 0 aliphatic rings. The lowest BCUT2D eigenvalue weighted by atomic mass is 10.2. The lowest BCUT2D eigenvalue weighted by molar-refractivity contribution is 0.751. The Labute approximate surface area is 98.2 Å². The zero-order valence-corrected chi connectivity index (χ0v) is 9.65. The highest BCUT2D eigenvalue weighted by atomic mass is 35.5. The van der Waals surface area contributed by atoms with Gasteiger partial charge in [-0.1, -0.05) is 11.6 Å². The summed E-state index contributed by atoms with van der Waals surface area (Å²) in [6.45, 7) is 2.49. The van der Waals surface area contributed by atoms with Gasteiger partial charge in [0.15, 0.2) is 5.82 Å². The number of aromatic nitrogens is 4. The summed E-state index contributed by atoms with van der Waals surface area (Å²) in [5.74, 6) is 0.757. The molecule has 0 bridgehead atoms. The van der Waals surface area contributed by atoms with Crippen LogP contribution in [0.15, 0.2) is 18.2 Å². The number of rotatable bonds is 3. The van der Waals surface area contributed by atoms with Crippen LogP contribution in [0, 0.1) is 6.92 Å². The van der Waals surface area contributed by atoms with Crippen LogP contribution in [0.1, 0.15) is 11.4 Å². The number of hydrogen-bond donors (Lipinski definition) is 1. The Hall–Kier alpha value is -1.46. The Balaban J connectivity index is 2.46. The number of aryl methyl sites for hydroxylation is 1. The van der Waals surface area contributed by atoms with E-state index in [0.29, 0.717) is 18.0 Å². The molecule has 16 heavy (non-hydrogen) atoms. The summed E-state index contributed by atoms with van der Waals surface area (Å²) in [6, 6.07) is 5.59. The largest absolute Gasteiger partial charge is 0.330 e. The Kier molecular flexibility index (Phi) is 3.17. The number of benzene rings is 1. The fourth-order valence-corrected chi connectivity index (χ4v) is 1.76. The van der Waals surface area contributed by atoms with Crippen LogP contribution >= 0.6 is 11.6 Å². The van der Waals surface area contributed by atoms with E-state index in [1.54, 1.807) is 4.68 Å². The van der Waals surface area contributed by atoms with E-state index in [0.717, 1.165) is 17.1 Å². The minimum absolute atomic E-state index is 0.521. The number of nitrogens with two attached hydrogens (primary N) is 1. The second kappa shape index (κ2) is 4.59. The van der Waals surface area contributed by atoms with Gasteiger partial charge in [-0.05, 0) is 47.7 Å². The van der Waals surface area contributed by atoms with Crippen LogP contribution in [0.4, 0.5) is 0 Å². The predicted octanol–water partition coefficient (Wildman–Crippen LogP) is 1.13. The molecule has 2 rings (SSSR count). The summed E-state index contributed by atoms with van der Waals surface area (Å²) in [5, 5.41) is 12.2. The Morgan fingerprint density at radius 3 is 2.94 bits per heavy atom. The molecule has 2 aromatic rings. The van der Waals surface area contributed by atoms with Crippen molar-refractivity contribution in [3.05, 3.63) is 34.6 Å². The first kappa shape index (κ1) is 11.0. The van der Waals surface area contributed by atoms with Gasteiger partial charge in [0.05, 0.1) is 5.69 Å². The molecule has 0 fully saturated rings. The van der Waals surface area contributed by atoms with E-state index >= 15 is 0 Å². The van der Waals surface area contributed by atoms with Crippen molar-refractivity contribution in [2.45, 2.75) is 13.3 Å². The highest BCUT2D eigenvalue weighted by molar-refractivity contribution is 6.30. The highest BCUT2D eigenvalue weighted by Crippen LogP contribution is 2.18. The summed E-state index contributed by atoms with van der Waals surface area (Å²) in [5.41, 5.74) is 7.45. The number of hydrogen-bond acceptors (Lipinski definition) is 4. The number of nitrogens with zero attached hydrogens (tertiary/aromatic N) is 4. The summed E-state index contributed by atoms with van der Waals surface area (Å²) in [7, 11) is 0. The maximum Gasteiger partial charge on any atom is 0.157 e. The van der Waals surface area contributed by atoms with Crippen molar-refractivity contribution in [1.29, 1.82) is 0 Å². The third kappa shape index (κ3) is 2.05. The molecule has 0 aliphatic carbocycles. The standard InChI is InChI=1S/C10H12ClN5/c1-7-6-8(11)2-3-9(7)16-10(4-5-12)13-14-15-16/h2-3,6H,4-5,12H2,1H3. The van der Waals surface area contributed by atoms with Gasteiger partial charge < -0.3 is 5.73 Å². The quantitative estimate of drug-likeness (QED) is 0.869. The van der Waals surface area contributed by atoms with Gasteiger partial charge in [-0.2, -0.15) is 4.68 Å². The van der Waals surface area contributed by atoms with Crippen molar-refractivity contribution in [3.63, 3.8) is 0 Å².